The summed E-state index contributed by atoms with van der Waals surface area (Å²) in [5.74, 6) is 0. The highest BCUT2D eigenvalue weighted by atomic mass is 35.5. The number of aromatic nitrogens is 2. The van der Waals surface area contributed by atoms with Crippen LogP contribution in [-0.4, -0.2) is 23.1 Å². The molecule has 1 aromatic carbocycles. The number of halogens is 2. The fourth-order valence-corrected chi connectivity index (χ4v) is 2.26. The van der Waals surface area contributed by atoms with Gasteiger partial charge in [-0.25, -0.2) is 4.98 Å². The highest BCUT2D eigenvalue weighted by Crippen LogP contribution is 2.25. The van der Waals surface area contributed by atoms with E-state index in [1.165, 1.54) is 0 Å². The van der Waals surface area contributed by atoms with Crippen LogP contribution in [0.15, 0.2) is 30.7 Å². The number of hydrogen-bond acceptors (Lipinski definition) is 2. The standard InChI is InChI=1S/C13H15Cl2N3/c1-16-6-5-10-7-18(9-17-10)8-11-12(14)3-2-4-13(11)15/h2-4,7,9,16H,5-6,8H2,1H3. The molecule has 0 saturated heterocycles. The average molecular weight is 284 g/mol. The summed E-state index contributed by atoms with van der Waals surface area (Å²) in [6, 6.07) is 5.55. The molecule has 0 fully saturated rings. The lowest BCUT2D eigenvalue weighted by atomic mass is 10.2. The summed E-state index contributed by atoms with van der Waals surface area (Å²) in [7, 11) is 1.93. The molecule has 1 heterocycles. The van der Waals surface area contributed by atoms with Gasteiger partial charge in [0.05, 0.1) is 18.6 Å². The van der Waals surface area contributed by atoms with E-state index in [4.69, 9.17) is 23.2 Å². The van der Waals surface area contributed by atoms with Crippen LogP contribution in [0.25, 0.3) is 0 Å². The first-order chi connectivity index (χ1) is 8.70. The van der Waals surface area contributed by atoms with E-state index in [0.29, 0.717) is 16.6 Å². The normalized spacial score (nSPS) is 10.8. The Morgan fingerprint density at radius 3 is 2.67 bits per heavy atom. The molecule has 0 radical (unpaired) electrons. The summed E-state index contributed by atoms with van der Waals surface area (Å²) in [5, 5.41) is 4.48. The molecule has 2 rings (SSSR count). The average Bonchev–Trinajstić information content (AvgIpc) is 2.79. The molecule has 0 saturated carbocycles. The molecule has 0 aliphatic rings. The molecule has 2 aromatic rings. The summed E-state index contributed by atoms with van der Waals surface area (Å²) < 4.78 is 2.00. The Morgan fingerprint density at radius 2 is 2.00 bits per heavy atom. The van der Waals surface area contributed by atoms with Crippen LogP contribution in [0.2, 0.25) is 10.0 Å². The van der Waals surface area contributed by atoms with Crippen molar-refractivity contribution >= 4 is 23.2 Å². The molecule has 0 atom stereocenters. The predicted molar refractivity (Wildman–Crippen MR) is 75.4 cm³/mol. The maximum absolute atomic E-state index is 6.14. The van der Waals surface area contributed by atoms with Gasteiger partial charge >= 0.3 is 0 Å². The molecule has 96 valence electrons. The van der Waals surface area contributed by atoms with E-state index in [1.54, 1.807) is 0 Å². The molecule has 1 N–H and O–H groups in total. The van der Waals surface area contributed by atoms with Crippen molar-refractivity contribution in [3.05, 3.63) is 52.0 Å². The Labute approximate surface area is 117 Å². The topological polar surface area (TPSA) is 29.9 Å². The van der Waals surface area contributed by atoms with Crippen molar-refractivity contribution in [1.82, 2.24) is 14.9 Å². The lowest BCUT2D eigenvalue weighted by Gasteiger charge is -2.07. The summed E-state index contributed by atoms with van der Waals surface area (Å²) in [5.41, 5.74) is 1.99. The van der Waals surface area contributed by atoms with E-state index >= 15 is 0 Å². The van der Waals surface area contributed by atoms with Gasteiger partial charge in [0.1, 0.15) is 0 Å². The first kappa shape index (κ1) is 13.4. The Bertz CT molecular complexity index is 502. The van der Waals surface area contributed by atoms with Gasteiger partial charge < -0.3 is 9.88 Å². The molecule has 0 aliphatic carbocycles. The predicted octanol–water partition coefficient (Wildman–Crippen LogP) is 3.00. The van der Waals surface area contributed by atoms with Crippen molar-refractivity contribution in [1.29, 1.82) is 0 Å². The molecular formula is C13H15Cl2N3. The molecule has 1 aromatic heterocycles. The van der Waals surface area contributed by atoms with Crippen LogP contribution >= 0.6 is 23.2 Å². The van der Waals surface area contributed by atoms with Crippen LogP contribution in [0.3, 0.4) is 0 Å². The minimum atomic E-state index is 0.644. The number of nitrogens with one attached hydrogen (secondary N) is 1. The second-order valence-electron chi connectivity index (χ2n) is 4.09. The first-order valence-corrected chi connectivity index (χ1v) is 6.54. The van der Waals surface area contributed by atoms with Gasteiger partial charge in [0, 0.05) is 34.8 Å². The van der Waals surface area contributed by atoms with Gasteiger partial charge in [0.25, 0.3) is 0 Å². The monoisotopic (exact) mass is 283 g/mol. The van der Waals surface area contributed by atoms with Crippen molar-refractivity contribution in [2.24, 2.45) is 0 Å². The van der Waals surface area contributed by atoms with E-state index in [-0.39, 0.29) is 0 Å². The minimum Gasteiger partial charge on any atom is -0.333 e. The maximum atomic E-state index is 6.14. The van der Waals surface area contributed by atoms with Crippen molar-refractivity contribution < 1.29 is 0 Å². The maximum Gasteiger partial charge on any atom is 0.0952 e. The molecule has 0 unspecified atom stereocenters. The molecule has 0 aliphatic heterocycles. The molecule has 3 nitrogen and oxygen atoms in total. The molecule has 0 bridgehead atoms. The SMILES string of the molecule is CNCCc1cn(Cc2c(Cl)cccc2Cl)cn1. The summed E-state index contributed by atoms with van der Waals surface area (Å²) in [6.45, 7) is 1.56. The highest BCUT2D eigenvalue weighted by molar-refractivity contribution is 6.35. The quantitative estimate of drug-likeness (QED) is 0.914. The second-order valence-corrected chi connectivity index (χ2v) is 4.91. The van der Waals surface area contributed by atoms with Crippen LogP contribution in [-0.2, 0) is 13.0 Å². The Hall–Kier alpha value is -1.03. The van der Waals surface area contributed by atoms with Gasteiger partial charge in [0.15, 0.2) is 0 Å². The number of benzene rings is 1. The number of imidazole rings is 1. The fraction of sp³-hybridized carbons (Fsp3) is 0.308. The van der Waals surface area contributed by atoms with Gasteiger partial charge in [-0.1, -0.05) is 29.3 Å². The molecular weight excluding hydrogens is 269 g/mol. The lowest BCUT2D eigenvalue weighted by Crippen LogP contribution is -2.10. The van der Waals surface area contributed by atoms with E-state index in [0.717, 1.165) is 24.2 Å². The molecule has 5 heteroatoms. The van der Waals surface area contributed by atoms with Gasteiger partial charge in [-0.15, -0.1) is 0 Å². The first-order valence-electron chi connectivity index (χ1n) is 5.79. The van der Waals surface area contributed by atoms with E-state index in [9.17, 15) is 0 Å². The number of hydrogen-bond donors (Lipinski definition) is 1. The van der Waals surface area contributed by atoms with Crippen LogP contribution < -0.4 is 5.32 Å². The number of rotatable bonds is 5. The van der Waals surface area contributed by atoms with Gasteiger partial charge in [-0.2, -0.15) is 0 Å². The third kappa shape index (κ3) is 3.25. The van der Waals surface area contributed by atoms with Gasteiger partial charge in [0.2, 0.25) is 0 Å². The summed E-state index contributed by atoms with van der Waals surface area (Å²) in [6.07, 6.45) is 4.75. The van der Waals surface area contributed by atoms with E-state index in [1.807, 2.05) is 42.3 Å². The van der Waals surface area contributed by atoms with Crippen molar-refractivity contribution in [2.75, 3.05) is 13.6 Å². The van der Waals surface area contributed by atoms with Crippen molar-refractivity contribution in [3.8, 4) is 0 Å². The smallest absolute Gasteiger partial charge is 0.0952 e. The third-order valence-corrected chi connectivity index (χ3v) is 3.43. The van der Waals surface area contributed by atoms with Crippen molar-refractivity contribution in [3.63, 3.8) is 0 Å². The zero-order valence-electron chi connectivity index (χ0n) is 10.2. The van der Waals surface area contributed by atoms with E-state index in [2.05, 4.69) is 10.3 Å². The molecule has 18 heavy (non-hydrogen) atoms. The van der Waals surface area contributed by atoms with Gasteiger partial charge in [-0.3, -0.25) is 0 Å². The van der Waals surface area contributed by atoms with Gasteiger partial charge in [-0.05, 0) is 19.2 Å². The Morgan fingerprint density at radius 1 is 1.28 bits per heavy atom. The summed E-state index contributed by atoms with van der Waals surface area (Å²) in [4.78, 5) is 4.35. The Kier molecular flexibility index (Phi) is 4.64. The zero-order valence-corrected chi connectivity index (χ0v) is 11.7. The van der Waals surface area contributed by atoms with Crippen LogP contribution in [0.1, 0.15) is 11.3 Å². The highest BCUT2D eigenvalue weighted by Gasteiger charge is 2.06. The van der Waals surface area contributed by atoms with Crippen LogP contribution in [0.4, 0.5) is 0 Å². The molecule has 0 spiro atoms. The van der Waals surface area contributed by atoms with Crippen LogP contribution in [0.5, 0.6) is 0 Å². The number of nitrogens with zero attached hydrogens (tertiary/aromatic N) is 2. The third-order valence-electron chi connectivity index (χ3n) is 2.72. The number of likely N-dealkylation sites (N-methyl/N-ethyl adjacent to an activating group) is 1. The second kappa shape index (κ2) is 6.23. The minimum absolute atomic E-state index is 0.644. The van der Waals surface area contributed by atoms with E-state index < -0.39 is 0 Å². The Balaban J connectivity index is 2.11. The molecule has 0 amide bonds. The zero-order chi connectivity index (χ0) is 13.0. The summed E-state index contributed by atoms with van der Waals surface area (Å²) >= 11 is 12.3. The van der Waals surface area contributed by atoms with Crippen molar-refractivity contribution in [2.45, 2.75) is 13.0 Å². The largest absolute Gasteiger partial charge is 0.333 e. The fourth-order valence-electron chi connectivity index (χ4n) is 1.74. The lowest BCUT2D eigenvalue weighted by molar-refractivity contribution is 0.774. The van der Waals surface area contributed by atoms with Crippen LogP contribution in [0, 0.1) is 0 Å².